The summed E-state index contributed by atoms with van der Waals surface area (Å²) in [6, 6.07) is -0.186. The van der Waals surface area contributed by atoms with Gasteiger partial charge in [0.05, 0.1) is 24.7 Å². The molecule has 1 atom stereocenters. The van der Waals surface area contributed by atoms with E-state index in [-0.39, 0.29) is 18.6 Å². The van der Waals surface area contributed by atoms with Gasteiger partial charge in [-0.15, -0.1) is 0 Å². The Hall–Kier alpha value is -2.22. The van der Waals surface area contributed by atoms with Gasteiger partial charge >= 0.3 is 0 Å². The van der Waals surface area contributed by atoms with Crippen LogP contribution in [0, 0.1) is 0 Å². The number of nitrogens with zero attached hydrogens (tertiary/aromatic N) is 6. The first-order valence-electron chi connectivity index (χ1n) is 7.38. The van der Waals surface area contributed by atoms with Gasteiger partial charge in [-0.2, -0.15) is 5.10 Å². The molecule has 1 fully saturated rings. The lowest BCUT2D eigenvalue weighted by molar-refractivity contribution is -0.129. The molecule has 0 radical (unpaired) electrons. The molecule has 8 nitrogen and oxygen atoms in total. The van der Waals surface area contributed by atoms with E-state index in [1.807, 2.05) is 4.90 Å². The highest BCUT2D eigenvalue weighted by atomic mass is 16.3. The summed E-state index contributed by atoms with van der Waals surface area (Å²) < 4.78 is 1.65. The van der Waals surface area contributed by atoms with Crippen LogP contribution >= 0.6 is 0 Å². The van der Waals surface area contributed by atoms with Gasteiger partial charge in [0.15, 0.2) is 5.65 Å². The summed E-state index contributed by atoms with van der Waals surface area (Å²) in [6.45, 7) is 1.18. The molecule has 1 unspecified atom stereocenters. The van der Waals surface area contributed by atoms with Crippen LogP contribution in [0.15, 0.2) is 12.5 Å². The van der Waals surface area contributed by atoms with E-state index in [4.69, 9.17) is 5.11 Å². The molecule has 2 aromatic heterocycles. The summed E-state index contributed by atoms with van der Waals surface area (Å²) >= 11 is 0. The number of fused-ring (bicyclic) bond motifs is 1. The molecule has 1 amide bonds. The lowest BCUT2D eigenvalue weighted by atomic mass is 10.2. The first kappa shape index (κ1) is 14.7. The number of aliphatic hydroxyl groups excluding tert-OH is 1. The van der Waals surface area contributed by atoms with Crippen LogP contribution < -0.4 is 4.90 Å². The van der Waals surface area contributed by atoms with Crippen molar-refractivity contribution < 1.29 is 9.90 Å². The first-order valence-corrected chi connectivity index (χ1v) is 7.38. The van der Waals surface area contributed by atoms with Crippen LogP contribution in [-0.2, 0) is 11.3 Å². The number of aliphatic hydroxyl groups is 1. The quantitative estimate of drug-likeness (QED) is 0.847. The number of aromatic nitrogens is 4. The zero-order valence-electron chi connectivity index (χ0n) is 12.8. The largest absolute Gasteiger partial charge is 0.394 e. The Balaban J connectivity index is 2.00. The van der Waals surface area contributed by atoms with E-state index in [0.29, 0.717) is 12.2 Å². The highest BCUT2D eigenvalue weighted by Gasteiger charge is 2.33. The molecular formula is C14H20N6O2. The van der Waals surface area contributed by atoms with Crippen molar-refractivity contribution in [3.63, 3.8) is 0 Å². The molecule has 1 saturated heterocycles. The number of amides is 1. The highest BCUT2D eigenvalue weighted by molar-refractivity contribution is 5.91. The van der Waals surface area contributed by atoms with E-state index in [2.05, 4.69) is 15.1 Å². The second kappa shape index (κ2) is 5.88. The van der Waals surface area contributed by atoms with E-state index < -0.39 is 0 Å². The molecule has 1 aliphatic rings. The number of hydrogen-bond acceptors (Lipinski definition) is 6. The van der Waals surface area contributed by atoms with Crippen molar-refractivity contribution in [3.05, 3.63) is 12.5 Å². The lowest BCUT2D eigenvalue weighted by Gasteiger charge is -2.27. The minimum Gasteiger partial charge on any atom is -0.394 e. The normalized spacial score (nSPS) is 18.1. The van der Waals surface area contributed by atoms with E-state index in [1.54, 1.807) is 29.9 Å². The number of rotatable bonds is 4. The third kappa shape index (κ3) is 2.39. The summed E-state index contributed by atoms with van der Waals surface area (Å²) in [5.41, 5.74) is 0.682. The number of hydrogen-bond donors (Lipinski definition) is 1. The summed E-state index contributed by atoms with van der Waals surface area (Å²) in [4.78, 5) is 24.7. The molecule has 1 aliphatic heterocycles. The van der Waals surface area contributed by atoms with Gasteiger partial charge in [-0.3, -0.25) is 4.79 Å². The second-order valence-corrected chi connectivity index (χ2v) is 5.61. The van der Waals surface area contributed by atoms with Gasteiger partial charge in [0.1, 0.15) is 18.2 Å². The van der Waals surface area contributed by atoms with Crippen LogP contribution in [0.1, 0.15) is 12.8 Å². The number of anilines is 1. The van der Waals surface area contributed by atoms with Gasteiger partial charge in [-0.25, -0.2) is 14.6 Å². The minimum absolute atomic E-state index is 0.00156. The molecule has 8 heteroatoms. The fourth-order valence-electron chi connectivity index (χ4n) is 2.94. The molecule has 118 valence electrons. The Morgan fingerprint density at radius 1 is 1.45 bits per heavy atom. The van der Waals surface area contributed by atoms with Crippen LogP contribution in [0.3, 0.4) is 0 Å². The average molecular weight is 304 g/mol. The summed E-state index contributed by atoms with van der Waals surface area (Å²) in [5.74, 6) is 0.832. The Labute approximate surface area is 128 Å². The molecule has 0 aliphatic carbocycles. The van der Waals surface area contributed by atoms with Gasteiger partial charge in [-0.05, 0) is 12.8 Å². The maximum absolute atomic E-state index is 12.4. The molecule has 1 N–H and O–H groups in total. The van der Waals surface area contributed by atoms with Crippen LogP contribution in [0.5, 0.6) is 0 Å². The van der Waals surface area contributed by atoms with Crippen molar-refractivity contribution in [1.82, 2.24) is 24.6 Å². The molecule has 3 rings (SSSR count). The monoisotopic (exact) mass is 304 g/mol. The average Bonchev–Trinajstić information content (AvgIpc) is 3.13. The van der Waals surface area contributed by atoms with Gasteiger partial charge in [0.25, 0.3) is 0 Å². The maximum Gasteiger partial charge on any atom is 0.244 e. The smallest absolute Gasteiger partial charge is 0.244 e. The molecule has 2 aromatic rings. The lowest BCUT2D eigenvalue weighted by Crippen LogP contribution is -2.43. The third-order valence-electron chi connectivity index (χ3n) is 3.98. The number of carbonyl (C=O) groups excluding carboxylic acids is 1. The van der Waals surface area contributed by atoms with Crippen molar-refractivity contribution in [1.29, 1.82) is 0 Å². The topological polar surface area (TPSA) is 87.4 Å². The second-order valence-electron chi connectivity index (χ2n) is 5.61. The zero-order chi connectivity index (χ0) is 15.7. The molecule has 0 saturated carbocycles. The van der Waals surface area contributed by atoms with Crippen molar-refractivity contribution in [3.8, 4) is 0 Å². The first-order chi connectivity index (χ1) is 10.6. The summed E-state index contributed by atoms with van der Waals surface area (Å²) in [6.07, 6.45) is 4.98. The Morgan fingerprint density at radius 3 is 3.00 bits per heavy atom. The van der Waals surface area contributed by atoms with Crippen molar-refractivity contribution >= 4 is 22.8 Å². The van der Waals surface area contributed by atoms with Gasteiger partial charge in [0.2, 0.25) is 5.91 Å². The van der Waals surface area contributed by atoms with Crippen molar-refractivity contribution in [2.75, 3.05) is 32.1 Å². The predicted molar refractivity (Wildman–Crippen MR) is 81.5 cm³/mol. The Kier molecular flexibility index (Phi) is 3.93. The van der Waals surface area contributed by atoms with E-state index >= 15 is 0 Å². The van der Waals surface area contributed by atoms with Crippen molar-refractivity contribution in [2.24, 2.45) is 0 Å². The van der Waals surface area contributed by atoms with Crippen LogP contribution in [0.25, 0.3) is 11.0 Å². The van der Waals surface area contributed by atoms with Crippen LogP contribution in [0.2, 0.25) is 0 Å². The van der Waals surface area contributed by atoms with Gasteiger partial charge in [-0.1, -0.05) is 0 Å². The maximum atomic E-state index is 12.4. The standard InChI is InChI=1S/C14H20N6O2/c1-18(2)14(22)11-4-3-5-19(11)12-10-8-17-20(6-7-21)13(10)16-9-15-12/h8-9,11,21H,3-7H2,1-2H3. The van der Waals surface area contributed by atoms with E-state index in [1.165, 1.54) is 6.33 Å². The Bertz CT molecular complexity index is 683. The molecule has 3 heterocycles. The Morgan fingerprint density at radius 2 is 2.27 bits per heavy atom. The summed E-state index contributed by atoms with van der Waals surface area (Å²) in [7, 11) is 3.54. The fourth-order valence-corrected chi connectivity index (χ4v) is 2.94. The van der Waals surface area contributed by atoms with E-state index in [9.17, 15) is 4.79 Å². The van der Waals surface area contributed by atoms with E-state index in [0.717, 1.165) is 30.6 Å². The third-order valence-corrected chi connectivity index (χ3v) is 3.98. The SMILES string of the molecule is CN(C)C(=O)C1CCCN1c1ncnc2c1cnn2CCO. The summed E-state index contributed by atoms with van der Waals surface area (Å²) in [5, 5.41) is 14.2. The molecule has 0 bridgehead atoms. The fraction of sp³-hybridized carbons (Fsp3) is 0.571. The number of carbonyl (C=O) groups is 1. The van der Waals surface area contributed by atoms with Crippen LogP contribution in [0.4, 0.5) is 5.82 Å². The van der Waals surface area contributed by atoms with Crippen LogP contribution in [-0.4, -0.2) is 69.0 Å². The molecule has 0 aromatic carbocycles. The molecule has 0 spiro atoms. The highest BCUT2D eigenvalue weighted by Crippen LogP contribution is 2.29. The zero-order valence-corrected chi connectivity index (χ0v) is 12.8. The molecule has 22 heavy (non-hydrogen) atoms. The van der Waals surface area contributed by atoms with Gasteiger partial charge < -0.3 is 14.9 Å². The van der Waals surface area contributed by atoms with Gasteiger partial charge in [0, 0.05) is 20.6 Å². The molecular weight excluding hydrogens is 284 g/mol. The predicted octanol–water partition coefficient (Wildman–Crippen LogP) is -0.124. The number of likely N-dealkylation sites (N-methyl/N-ethyl adjacent to an activating group) is 1. The minimum atomic E-state index is -0.186. The van der Waals surface area contributed by atoms with Crippen molar-refractivity contribution in [2.45, 2.75) is 25.4 Å².